The molecule has 1 N–H and O–H groups in total. The number of nitrogens with zero attached hydrogens (tertiary/aromatic N) is 1. The first kappa shape index (κ1) is 8.64. The molecule has 0 amide bonds. The van der Waals surface area contributed by atoms with E-state index in [1.807, 2.05) is 0 Å². The molecule has 0 radical (unpaired) electrons. The number of carbonyl (C=O) groups is 1. The molecular weight excluding hydrogens is 158 g/mol. The zero-order valence-corrected chi connectivity index (χ0v) is 7.07. The van der Waals surface area contributed by atoms with Crippen LogP contribution in [0.15, 0.2) is 23.6 Å². The van der Waals surface area contributed by atoms with Crippen LogP contribution in [0.25, 0.3) is 0 Å². The van der Waals surface area contributed by atoms with Gasteiger partial charge in [0, 0.05) is 13.6 Å². The van der Waals surface area contributed by atoms with Gasteiger partial charge in [0.2, 0.25) is 0 Å². The summed E-state index contributed by atoms with van der Waals surface area (Å²) >= 11 is 0. The fraction of sp³-hybridized carbons (Fsp3) is 0.375. The molecule has 0 fully saturated rings. The molecule has 0 atom stereocenters. The summed E-state index contributed by atoms with van der Waals surface area (Å²) in [4.78, 5) is 12.7. The van der Waals surface area contributed by atoms with E-state index in [-0.39, 0.29) is 11.5 Å². The molecule has 1 rings (SSSR count). The van der Waals surface area contributed by atoms with Crippen molar-refractivity contribution in [3.05, 3.63) is 23.6 Å². The van der Waals surface area contributed by atoms with Crippen LogP contribution in [-0.2, 0) is 9.53 Å². The number of hydrogen-bond donors (Lipinski definition) is 1. The number of likely N-dealkylation sites (N-methyl/N-ethyl adjacent to an activating group) is 1. The van der Waals surface area contributed by atoms with E-state index in [4.69, 9.17) is 0 Å². The van der Waals surface area contributed by atoms with Crippen LogP contribution in [0.4, 0.5) is 0 Å². The molecule has 0 aromatic carbocycles. The zero-order chi connectivity index (χ0) is 9.14. The Morgan fingerprint density at radius 2 is 2.42 bits per heavy atom. The largest absolute Gasteiger partial charge is 0.506 e. The minimum absolute atomic E-state index is 0.0457. The first-order valence-electron chi connectivity index (χ1n) is 3.56. The van der Waals surface area contributed by atoms with Crippen molar-refractivity contribution in [2.24, 2.45) is 0 Å². The van der Waals surface area contributed by atoms with Gasteiger partial charge >= 0.3 is 5.97 Å². The van der Waals surface area contributed by atoms with Gasteiger partial charge in [0.25, 0.3) is 0 Å². The lowest BCUT2D eigenvalue weighted by Crippen LogP contribution is -2.28. The van der Waals surface area contributed by atoms with Crippen LogP contribution in [0.5, 0.6) is 0 Å². The topological polar surface area (TPSA) is 49.8 Å². The number of methoxy groups -OCH3 is 1. The average molecular weight is 169 g/mol. The van der Waals surface area contributed by atoms with Crippen LogP contribution >= 0.6 is 0 Å². The summed E-state index contributed by atoms with van der Waals surface area (Å²) in [5.74, 6) is -0.560. The van der Waals surface area contributed by atoms with Crippen molar-refractivity contribution in [2.45, 2.75) is 0 Å². The molecule has 0 saturated heterocycles. The van der Waals surface area contributed by atoms with Crippen LogP contribution in [-0.4, -0.2) is 36.7 Å². The zero-order valence-electron chi connectivity index (χ0n) is 7.07. The molecule has 0 unspecified atom stereocenters. The van der Waals surface area contributed by atoms with Crippen LogP contribution < -0.4 is 0 Å². The molecule has 4 heteroatoms. The second-order valence-corrected chi connectivity index (χ2v) is 2.51. The van der Waals surface area contributed by atoms with E-state index in [0.717, 1.165) is 0 Å². The van der Waals surface area contributed by atoms with Gasteiger partial charge in [-0.25, -0.2) is 4.79 Å². The molecule has 0 aliphatic carbocycles. The summed E-state index contributed by atoms with van der Waals surface area (Å²) in [6, 6.07) is 0. The average Bonchev–Trinajstić information content (AvgIpc) is 2.03. The maximum atomic E-state index is 11.1. The Hall–Kier alpha value is -1.45. The lowest BCUT2D eigenvalue weighted by atomic mass is 10.2. The van der Waals surface area contributed by atoms with Gasteiger partial charge in [0.05, 0.1) is 7.11 Å². The van der Waals surface area contributed by atoms with Gasteiger partial charge in [0.15, 0.2) is 5.70 Å². The van der Waals surface area contributed by atoms with Gasteiger partial charge in [-0.1, -0.05) is 6.08 Å². The molecule has 0 aromatic rings. The summed E-state index contributed by atoms with van der Waals surface area (Å²) in [5, 5.41) is 9.29. The predicted molar refractivity (Wildman–Crippen MR) is 43.4 cm³/mol. The molecule has 1 heterocycles. The van der Waals surface area contributed by atoms with E-state index in [0.29, 0.717) is 6.54 Å². The van der Waals surface area contributed by atoms with Gasteiger partial charge in [-0.3, -0.25) is 0 Å². The SMILES string of the molecule is COC(=O)C1=C(O)C=CCN1C. The summed E-state index contributed by atoms with van der Waals surface area (Å²) in [6.07, 6.45) is 3.26. The van der Waals surface area contributed by atoms with E-state index < -0.39 is 5.97 Å². The van der Waals surface area contributed by atoms with Crippen molar-refractivity contribution in [1.29, 1.82) is 0 Å². The standard InChI is InChI=1S/C8H11NO3/c1-9-5-3-4-6(10)7(9)8(11)12-2/h3-4,10H,5H2,1-2H3. The Bertz CT molecular complexity index is 255. The van der Waals surface area contributed by atoms with Crippen molar-refractivity contribution in [3.63, 3.8) is 0 Å². The van der Waals surface area contributed by atoms with Gasteiger partial charge in [-0.2, -0.15) is 0 Å². The normalized spacial score (nSPS) is 16.7. The number of ether oxygens (including phenoxy) is 1. The van der Waals surface area contributed by atoms with Crippen molar-refractivity contribution in [1.82, 2.24) is 4.90 Å². The first-order valence-corrected chi connectivity index (χ1v) is 3.56. The van der Waals surface area contributed by atoms with E-state index in [1.54, 1.807) is 18.0 Å². The van der Waals surface area contributed by atoms with E-state index in [2.05, 4.69) is 4.74 Å². The lowest BCUT2D eigenvalue weighted by Gasteiger charge is -2.22. The predicted octanol–water partition coefficient (Wildman–Crippen LogP) is 0.431. The maximum Gasteiger partial charge on any atom is 0.358 e. The molecular formula is C8H11NO3. The highest BCUT2D eigenvalue weighted by Gasteiger charge is 2.20. The number of allylic oxidation sites excluding steroid dienone is 1. The molecule has 1 aliphatic heterocycles. The Labute approximate surface area is 70.7 Å². The third kappa shape index (κ3) is 1.42. The van der Waals surface area contributed by atoms with Crippen molar-refractivity contribution >= 4 is 5.97 Å². The second-order valence-electron chi connectivity index (χ2n) is 2.51. The van der Waals surface area contributed by atoms with Crippen LogP contribution in [0, 0.1) is 0 Å². The molecule has 1 aliphatic rings. The first-order chi connectivity index (χ1) is 5.66. The summed E-state index contributed by atoms with van der Waals surface area (Å²) in [6.45, 7) is 0.606. The molecule has 0 spiro atoms. The van der Waals surface area contributed by atoms with Gasteiger partial charge < -0.3 is 14.7 Å². The number of carbonyl (C=O) groups excluding carboxylic acids is 1. The van der Waals surface area contributed by atoms with E-state index >= 15 is 0 Å². The lowest BCUT2D eigenvalue weighted by molar-refractivity contribution is -0.138. The number of esters is 1. The summed E-state index contributed by atoms with van der Waals surface area (Å²) in [5.41, 5.74) is 0.208. The fourth-order valence-corrected chi connectivity index (χ4v) is 1.05. The van der Waals surface area contributed by atoms with Crippen molar-refractivity contribution in [3.8, 4) is 0 Å². The number of rotatable bonds is 1. The highest BCUT2D eigenvalue weighted by molar-refractivity contribution is 5.88. The number of hydrogen-bond acceptors (Lipinski definition) is 4. The third-order valence-electron chi connectivity index (χ3n) is 1.66. The van der Waals surface area contributed by atoms with Gasteiger partial charge in [0.1, 0.15) is 5.76 Å². The minimum Gasteiger partial charge on any atom is -0.506 e. The Morgan fingerprint density at radius 3 is 2.92 bits per heavy atom. The Balaban J connectivity index is 2.96. The number of aliphatic hydroxyl groups excluding tert-OH is 1. The Kier molecular flexibility index (Phi) is 2.38. The fourth-order valence-electron chi connectivity index (χ4n) is 1.05. The highest BCUT2D eigenvalue weighted by Crippen LogP contribution is 2.13. The summed E-state index contributed by atoms with van der Waals surface area (Å²) < 4.78 is 4.50. The molecule has 0 saturated carbocycles. The van der Waals surface area contributed by atoms with E-state index in [9.17, 15) is 9.90 Å². The molecule has 0 bridgehead atoms. The van der Waals surface area contributed by atoms with Gasteiger partial charge in [-0.15, -0.1) is 0 Å². The Morgan fingerprint density at radius 1 is 1.75 bits per heavy atom. The van der Waals surface area contributed by atoms with Crippen molar-refractivity contribution < 1.29 is 14.6 Å². The summed E-state index contributed by atoms with van der Waals surface area (Å²) in [7, 11) is 3.00. The van der Waals surface area contributed by atoms with Crippen molar-refractivity contribution in [2.75, 3.05) is 20.7 Å². The second kappa shape index (κ2) is 3.30. The van der Waals surface area contributed by atoms with Crippen LogP contribution in [0.2, 0.25) is 0 Å². The molecule has 12 heavy (non-hydrogen) atoms. The van der Waals surface area contributed by atoms with Gasteiger partial charge in [-0.05, 0) is 6.08 Å². The minimum atomic E-state index is -0.514. The highest BCUT2D eigenvalue weighted by atomic mass is 16.5. The monoisotopic (exact) mass is 169 g/mol. The molecule has 4 nitrogen and oxygen atoms in total. The molecule has 0 aromatic heterocycles. The maximum absolute atomic E-state index is 11.1. The van der Waals surface area contributed by atoms with E-state index in [1.165, 1.54) is 13.2 Å². The van der Waals surface area contributed by atoms with Crippen LogP contribution in [0.3, 0.4) is 0 Å². The quantitative estimate of drug-likeness (QED) is 0.578. The number of aliphatic hydroxyl groups is 1. The smallest absolute Gasteiger partial charge is 0.358 e. The van der Waals surface area contributed by atoms with Crippen LogP contribution in [0.1, 0.15) is 0 Å². The molecule has 66 valence electrons. The third-order valence-corrected chi connectivity index (χ3v) is 1.66.